The number of benzene rings is 2. The number of halogens is 3. The quantitative estimate of drug-likeness (QED) is 0.644. The summed E-state index contributed by atoms with van der Waals surface area (Å²) >= 11 is 15.7. The smallest absolute Gasteiger partial charge is 0.0659 e. The van der Waals surface area contributed by atoms with Gasteiger partial charge in [0.2, 0.25) is 0 Å². The molecule has 1 unspecified atom stereocenters. The highest BCUT2D eigenvalue weighted by Gasteiger charge is 2.13. The van der Waals surface area contributed by atoms with Gasteiger partial charge in [0, 0.05) is 10.0 Å². The SMILES string of the molecule is Clc1ccc(C(Br)c2ccccc2)c(Cl)c1. The van der Waals surface area contributed by atoms with Gasteiger partial charge in [0.25, 0.3) is 0 Å². The summed E-state index contributed by atoms with van der Waals surface area (Å²) in [5.41, 5.74) is 2.20. The molecule has 0 aromatic heterocycles. The van der Waals surface area contributed by atoms with E-state index in [2.05, 4.69) is 28.1 Å². The van der Waals surface area contributed by atoms with Crippen molar-refractivity contribution in [3.05, 3.63) is 69.7 Å². The van der Waals surface area contributed by atoms with Gasteiger partial charge in [-0.1, -0.05) is 75.5 Å². The summed E-state index contributed by atoms with van der Waals surface area (Å²) in [6.45, 7) is 0. The minimum atomic E-state index is 0.0958. The van der Waals surface area contributed by atoms with Gasteiger partial charge in [-0.15, -0.1) is 0 Å². The van der Waals surface area contributed by atoms with Crippen LogP contribution in [0.3, 0.4) is 0 Å². The van der Waals surface area contributed by atoms with Crippen molar-refractivity contribution in [3.8, 4) is 0 Å². The molecule has 1 atom stereocenters. The van der Waals surface area contributed by atoms with E-state index in [0.717, 1.165) is 5.56 Å². The third-order valence-corrected chi connectivity index (χ3v) is 3.91. The molecule has 0 fully saturated rings. The number of hydrogen-bond acceptors (Lipinski definition) is 0. The molecule has 0 amide bonds. The van der Waals surface area contributed by atoms with Crippen molar-refractivity contribution in [2.45, 2.75) is 4.83 Å². The Morgan fingerprint density at radius 3 is 2.25 bits per heavy atom. The summed E-state index contributed by atoms with van der Waals surface area (Å²) < 4.78 is 0. The Morgan fingerprint density at radius 1 is 0.938 bits per heavy atom. The lowest BCUT2D eigenvalue weighted by Crippen LogP contribution is -1.93. The molecule has 0 aliphatic heterocycles. The molecule has 0 saturated heterocycles. The fraction of sp³-hybridized carbons (Fsp3) is 0.0769. The van der Waals surface area contributed by atoms with E-state index >= 15 is 0 Å². The maximum atomic E-state index is 6.16. The molecule has 2 aromatic rings. The summed E-state index contributed by atoms with van der Waals surface area (Å²) in [6, 6.07) is 15.7. The zero-order valence-corrected chi connectivity index (χ0v) is 11.4. The molecule has 0 spiro atoms. The van der Waals surface area contributed by atoms with Gasteiger partial charge in [0.05, 0.1) is 4.83 Å². The molecule has 0 nitrogen and oxygen atoms in total. The van der Waals surface area contributed by atoms with Gasteiger partial charge in [-0.3, -0.25) is 0 Å². The normalized spacial score (nSPS) is 12.4. The van der Waals surface area contributed by atoms with E-state index in [9.17, 15) is 0 Å². The second-order valence-corrected chi connectivity index (χ2v) is 5.20. The van der Waals surface area contributed by atoms with E-state index in [1.165, 1.54) is 5.56 Å². The van der Waals surface area contributed by atoms with Crippen molar-refractivity contribution in [2.75, 3.05) is 0 Å². The van der Waals surface area contributed by atoms with Crippen molar-refractivity contribution in [3.63, 3.8) is 0 Å². The molecular weight excluding hydrogens is 307 g/mol. The van der Waals surface area contributed by atoms with Crippen molar-refractivity contribution in [2.24, 2.45) is 0 Å². The van der Waals surface area contributed by atoms with Gasteiger partial charge < -0.3 is 0 Å². The van der Waals surface area contributed by atoms with Gasteiger partial charge in [0.15, 0.2) is 0 Å². The molecule has 3 heteroatoms. The fourth-order valence-corrected chi connectivity index (χ4v) is 2.86. The van der Waals surface area contributed by atoms with Crippen LogP contribution in [0.2, 0.25) is 10.0 Å². The van der Waals surface area contributed by atoms with Crippen LogP contribution in [0, 0.1) is 0 Å². The highest BCUT2D eigenvalue weighted by Crippen LogP contribution is 2.36. The predicted molar refractivity (Wildman–Crippen MR) is 73.7 cm³/mol. The molecule has 0 heterocycles. The number of rotatable bonds is 2. The second kappa shape index (κ2) is 5.22. The first-order valence-corrected chi connectivity index (χ1v) is 6.49. The van der Waals surface area contributed by atoms with Crippen molar-refractivity contribution >= 4 is 39.1 Å². The van der Waals surface area contributed by atoms with Gasteiger partial charge in [-0.2, -0.15) is 0 Å². The van der Waals surface area contributed by atoms with Crippen LogP contribution in [0.4, 0.5) is 0 Å². The first-order valence-electron chi connectivity index (χ1n) is 4.82. The van der Waals surface area contributed by atoms with Crippen LogP contribution in [-0.2, 0) is 0 Å². The second-order valence-electron chi connectivity index (χ2n) is 3.44. The van der Waals surface area contributed by atoms with Crippen LogP contribution in [0.15, 0.2) is 48.5 Å². The molecule has 0 bridgehead atoms. The molecule has 0 saturated carbocycles. The third-order valence-electron chi connectivity index (χ3n) is 2.33. The fourth-order valence-electron chi connectivity index (χ4n) is 1.51. The van der Waals surface area contributed by atoms with Gasteiger partial charge in [-0.25, -0.2) is 0 Å². The summed E-state index contributed by atoms with van der Waals surface area (Å²) in [4.78, 5) is 0.0958. The Bertz CT molecular complexity index is 483. The van der Waals surface area contributed by atoms with E-state index in [1.807, 2.05) is 30.3 Å². The summed E-state index contributed by atoms with van der Waals surface area (Å²) in [5.74, 6) is 0. The lowest BCUT2D eigenvalue weighted by Gasteiger charge is -2.12. The maximum Gasteiger partial charge on any atom is 0.0659 e. The predicted octanol–water partition coefficient (Wildman–Crippen LogP) is 5.48. The monoisotopic (exact) mass is 314 g/mol. The average molecular weight is 316 g/mol. The standard InChI is InChI=1S/C13H9BrCl2/c14-13(9-4-2-1-3-5-9)11-7-6-10(15)8-12(11)16/h1-8,13H. The molecule has 2 rings (SSSR count). The molecule has 0 radical (unpaired) electrons. The minimum absolute atomic E-state index is 0.0958. The van der Waals surface area contributed by atoms with Gasteiger partial charge in [0.1, 0.15) is 0 Å². The topological polar surface area (TPSA) is 0 Å². The third kappa shape index (κ3) is 2.60. The molecule has 2 aromatic carbocycles. The van der Waals surface area contributed by atoms with Crippen molar-refractivity contribution < 1.29 is 0 Å². The highest BCUT2D eigenvalue weighted by molar-refractivity contribution is 9.09. The highest BCUT2D eigenvalue weighted by atomic mass is 79.9. The molecule has 0 N–H and O–H groups in total. The Labute approximate surface area is 113 Å². The van der Waals surface area contributed by atoms with Crippen LogP contribution in [0.25, 0.3) is 0 Å². The van der Waals surface area contributed by atoms with Crippen molar-refractivity contribution in [1.29, 1.82) is 0 Å². The Morgan fingerprint density at radius 2 is 1.62 bits per heavy atom. The first-order chi connectivity index (χ1) is 7.68. The lowest BCUT2D eigenvalue weighted by molar-refractivity contribution is 1.18. The zero-order chi connectivity index (χ0) is 11.5. The molecule has 0 aliphatic carbocycles. The van der Waals surface area contributed by atoms with E-state index in [0.29, 0.717) is 10.0 Å². The summed E-state index contributed by atoms with van der Waals surface area (Å²) in [6.07, 6.45) is 0. The molecular formula is C13H9BrCl2. The number of alkyl halides is 1. The van der Waals surface area contributed by atoms with E-state index in [4.69, 9.17) is 23.2 Å². The van der Waals surface area contributed by atoms with Gasteiger partial charge in [-0.05, 0) is 23.3 Å². The van der Waals surface area contributed by atoms with Crippen LogP contribution >= 0.6 is 39.1 Å². The Balaban J connectivity index is 2.38. The molecule has 0 aliphatic rings. The van der Waals surface area contributed by atoms with Crippen molar-refractivity contribution in [1.82, 2.24) is 0 Å². The largest absolute Gasteiger partial charge is 0.0843 e. The van der Waals surface area contributed by atoms with E-state index in [1.54, 1.807) is 6.07 Å². The van der Waals surface area contributed by atoms with Crippen LogP contribution in [0.5, 0.6) is 0 Å². The minimum Gasteiger partial charge on any atom is -0.0843 e. The zero-order valence-electron chi connectivity index (χ0n) is 8.33. The Kier molecular flexibility index (Phi) is 3.91. The van der Waals surface area contributed by atoms with E-state index in [-0.39, 0.29) is 4.83 Å². The molecule has 82 valence electrons. The van der Waals surface area contributed by atoms with Crippen LogP contribution in [0.1, 0.15) is 16.0 Å². The summed E-state index contributed by atoms with van der Waals surface area (Å²) in [5, 5.41) is 1.33. The Hall–Kier alpha value is -0.500. The maximum absolute atomic E-state index is 6.16. The van der Waals surface area contributed by atoms with E-state index < -0.39 is 0 Å². The average Bonchev–Trinajstić information content (AvgIpc) is 2.29. The number of hydrogen-bond donors (Lipinski definition) is 0. The first kappa shape index (κ1) is 12.0. The van der Waals surface area contributed by atoms with Gasteiger partial charge >= 0.3 is 0 Å². The summed E-state index contributed by atoms with van der Waals surface area (Å²) in [7, 11) is 0. The lowest BCUT2D eigenvalue weighted by atomic mass is 10.1. The molecule has 16 heavy (non-hydrogen) atoms. The van der Waals surface area contributed by atoms with Crippen LogP contribution < -0.4 is 0 Å². The van der Waals surface area contributed by atoms with Crippen LogP contribution in [-0.4, -0.2) is 0 Å².